The zero-order chi connectivity index (χ0) is 32.2. The number of Topliss-reactive ketones (excluding diaryl/α,β-unsaturated/α-hetero) is 2. The summed E-state index contributed by atoms with van der Waals surface area (Å²) in [6.07, 6.45) is 5.48. The van der Waals surface area contributed by atoms with E-state index in [1.165, 1.54) is 0 Å². The van der Waals surface area contributed by atoms with E-state index >= 15 is 0 Å². The van der Waals surface area contributed by atoms with Gasteiger partial charge in [0.25, 0.3) is 5.91 Å². The Hall–Kier alpha value is -5.21. The van der Waals surface area contributed by atoms with Gasteiger partial charge in [0.2, 0.25) is 0 Å². The topological polar surface area (TPSA) is 87.8 Å². The first-order chi connectivity index (χ1) is 22.3. The molecule has 1 aliphatic rings. The number of aryl methyl sites for hydroxylation is 2. The van der Waals surface area contributed by atoms with Crippen molar-refractivity contribution in [3.05, 3.63) is 138 Å². The highest BCUT2D eigenvalue weighted by molar-refractivity contribution is 6.10. The third-order valence-electron chi connectivity index (χ3n) is 8.73. The molecule has 0 unspecified atom stereocenters. The van der Waals surface area contributed by atoms with Crippen LogP contribution in [0.5, 0.6) is 0 Å². The monoisotopic (exact) mass is 614 g/mol. The van der Waals surface area contributed by atoms with Crippen LogP contribution in [-0.4, -0.2) is 50.9 Å². The number of aliphatic hydroxyl groups excluding tert-OH is 1. The molecule has 234 valence electrons. The molecule has 0 radical (unpaired) electrons. The van der Waals surface area contributed by atoms with Crippen LogP contribution in [0, 0.1) is 0 Å². The molecule has 3 heterocycles. The molecule has 0 bridgehead atoms. The fraction of sp³-hybridized carbons (Fsp3) is 0.237. The van der Waals surface area contributed by atoms with Gasteiger partial charge in [0.1, 0.15) is 5.69 Å². The molecule has 1 amide bonds. The molecule has 8 heteroatoms. The highest BCUT2D eigenvalue weighted by Crippen LogP contribution is 2.29. The Morgan fingerprint density at radius 3 is 1.67 bits per heavy atom. The second-order valence-corrected chi connectivity index (χ2v) is 11.9. The van der Waals surface area contributed by atoms with Crippen LogP contribution in [0.1, 0.15) is 55.3 Å². The lowest BCUT2D eigenvalue weighted by Crippen LogP contribution is -2.35. The zero-order valence-corrected chi connectivity index (χ0v) is 26.2. The van der Waals surface area contributed by atoms with Crippen LogP contribution >= 0.6 is 0 Å². The van der Waals surface area contributed by atoms with Crippen LogP contribution in [0.2, 0.25) is 0 Å². The maximum absolute atomic E-state index is 13.9. The smallest absolute Gasteiger partial charge is 0.279 e. The Kier molecular flexibility index (Phi) is 8.99. The zero-order valence-electron chi connectivity index (χ0n) is 26.2. The summed E-state index contributed by atoms with van der Waals surface area (Å²) < 4.78 is 3.60. The normalized spacial score (nSPS) is 13.5. The molecule has 1 N–H and O–H groups in total. The Morgan fingerprint density at radius 2 is 1.17 bits per heavy atom. The van der Waals surface area contributed by atoms with Gasteiger partial charge in [-0.1, -0.05) is 24.3 Å². The summed E-state index contributed by atoms with van der Waals surface area (Å²) in [5.41, 5.74) is 5.95. The van der Waals surface area contributed by atoms with Gasteiger partial charge in [-0.3, -0.25) is 19.3 Å². The average molecular weight is 615 g/mol. The maximum Gasteiger partial charge on any atom is 0.279 e. The summed E-state index contributed by atoms with van der Waals surface area (Å²) in [5, 5.41) is 9.79. The second kappa shape index (κ2) is 13.4. The lowest BCUT2D eigenvalue weighted by Gasteiger charge is -2.31. The molecule has 0 atom stereocenters. The number of amides is 1. The van der Waals surface area contributed by atoms with Crippen LogP contribution in [0.4, 0.5) is 17.1 Å². The van der Waals surface area contributed by atoms with Gasteiger partial charge in [-0.15, -0.1) is 0 Å². The quantitative estimate of drug-likeness (QED) is 0.191. The molecule has 2 aromatic heterocycles. The molecule has 0 spiro atoms. The van der Waals surface area contributed by atoms with Crippen LogP contribution in [0.25, 0.3) is 0 Å². The van der Waals surface area contributed by atoms with E-state index in [2.05, 4.69) is 4.90 Å². The Labute approximate surface area is 269 Å². The maximum atomic E-state index is 13.9. The second-order valence-electron chi connectivity index (χ2n) is 11.9. The molecule has 0 saturated carbocycles. The van der Waals surface area contributed by atoms with E-state index in [4.69, 9.17) is 0 Å². The first-order valence-electron chi connectivity index (χ1n) is 15.6. The van der Waals surface area contributed by atoms with Gasteiger partial charge in [0.15, 0.2) is 11.6 Å². The average Bonchev–Trinajstić information content (AvgIpc) is 3.71. The van der Waals surface area contributed by atoms with Crippen molar-refractivity contribution in [3.8, 4) is 0 Å². The number of hydrogen-bond acceptors (Lipinski definition) is 5. The fourth-order valence-corrected chi connectivity index (χ4v) is 6.00. The largest absolute Gasteiger partial charge is 0.393 e. The predicted octanol–water partition coefficient (Wildman–Crippen LogP) is 6.15. The highest BCUT2D eigenvalue weighted by atomic mass is 16.3. The van der Waals surface area contributed by atoms with Crippen molar-refractivity contribution in [1.82, 2.24) is 9.13 Å². The van der Waals surface area contributed by atoms with Crippen molar-refractivity contribution >= 4 is 34.5 Å². The van der Waals surface area contributed by atoms with E-state index in [0.717, 1.165) is 42.7 Å². The molecule has 3 aromatic carbocycles. The van der Waals surface area contributed by atoms with Crippen molar-refractivity contribution in [3.63, 3.8) is 0 Å². The van der Waals surface area contributed by atoms with E-state index in [1.54, 1.807) is 15.5 Å². The standard InChI is InChI=1S/C38H38N4O4/c1-39-21-3-5-34(39)37(45)26-28-9-15-32(16-10-28)42(38(46)35-6-4-22-40(35)2)31-13-7-27(8-14-31)25-36(44)29-11-17-30(18-12-29)41-23-19-33(43)20-24-41/h3-18,21-22,33,43H,19-20,23-26H2,1-2H3. The van der Waals surface area contributed by atoms with Crippen molar-refractivity contribution in [1.29, 1.82) is 0 Å². The third kappa shape index (κ3) is 6.72. The first-order valence-corrected chi connectivity index (χ1v) is 15.6. The number of anilines is 3. The lowest BCUT2D eigenvalue weighted by molar-refractivity contribution is 0.0978. The number of nitrogens with zero attached hydrogens (tertiary/aromatic N) is 4. The minimum atomic E-state index is -0.227. The van der Waals surface area contributed by atoms with Crippen LogP contribution in [0.3, 0.4) is 0 Å². The number of carbonyl (C=O) groups is 3. The molecule has 8 nitrogen and oxygen atoms in total. The predicted molar refractivity (Wildman–Crippen MR) is 180 cm³/mol. The summed E-state index contributed by atoms with van der Waals surface area (Å²) in [6, 6.07) is 30.0. The van der Waals surface area contributed by atoms with Gasteiger partial charge >= 0.3 is 0 Å². The fourth-order valence-electron chi connectivity index (χ4n) is 6.00. The Balaban J connectivity index is 1.18. The summed E-state index contributed by atoms with van der Waals surface area (Å²) in [6.45, 7) is 1.62. The minimum absolute atomic E-state index is 0.0191. The molecule has 6 rings (SSSR count). The minimum Gasteiger partial charge on any atom is -0.393 e. The highest BCUT2D eigenvalue weighted by Gasteiger charge is 2.23. The van der Waals surface area contributed by atoms with Crippen molar-refractivity contribution in [2.75, 3.05) is 22.9 Å². The van der Waals surface area contributed by atoms with Crippen LogP contribution < -0.4 is 9.80 Å². The van der Waals surface area contributed by atoms with Crippen molar-refractivity contribution in [2.45, 2.75) is 31.8 Å². The molecular weight excluding hydrogens is 576 g/mol. The number of ketones is 2. The third-order valence-corrected chi connectivity index (χ3v) is 8.73. The number of piperidine rings is 1. The molecule has 1 aliphatic heterocycles. The number of aromatic nitrogens is 2. The summed E-state index contributed by atoms with van der Waals surface area (Å²) in [4.78, 5) is 43.7. The van der Waals surface area contributed by atoms with Gasteiger partial charge in [-0.25, -0.2) is 0 Å². The van der Waals surface area contributed by atoms with Crippen molar-refractivity contribution < 1.29 is 19.5 Å². The SMILES string of the molecule is Cn1cccc1C(=O)Cc1ccc(N(C(=O)c2cccn2C)c2ccc(CC(=O)c3ccc(N4CCC(O)CC4)cc3)cc2)cc1. The number of rotatable bonds is 10. The van der Waals surface area contributed by atoms with Crippen LogP contribution in [0.15, 0.2) is 109 Å². The van der Waals surface area contributed by atoms with E-state index in [1.807, 2.05) is 122 Å². The Morgan fingerprint density at radius 1 is 0.674 bits per heavy atom. The molecule has 46 heavy (non-hydrogen) atoms. The Bertz CT molecular complexity index is 1830. The first kappa shape index (κ1) is 30.8. The molecule has 0 aliphatic carbocycles. The number of hydrogen-bond donors (Lipinski definition) is 1. The summed E-state index contributed by atoms with van der Waals surface area (Å²) in [5.74, 6) is -0.140. The van der Waals surface area contributed by atoms with E-state index in [9.17, 15) is 19.5 Å². The van der Waals surface area contributed by atoms with Gasteiger partial charge in [0, 0.05) is 75.0 Å². The molecule has 5 aromatic rings. The lowest BCUT2D eigenvalue weighted by atomic mass is 10.0. The van der Waals surface area contributed by atoms with Gasteiger partial charge < -0.3 is 19.1 Å². The van der Waals surface area contributed by atoms with Gasteiger partial charge in [-0.05, 0) is 96.8 Å². The van der Waals surface area contributed by atoms with E-state index in [-0.39, 0.29) is 36.4 Å². The molecular formula is C38H38N4O4. The summed E-state index contributed by atoms with van der Waals surface area (Å²) in [7, 11) is 3.69. The number of carbonyl (C=O) groups excluding carboxylic acids is 3. The van der Waals surface area contributed by atoms with E-state index in [0.29, 0.717) is 28.3 Å². The number of aliphatic hydroxyl groups is 1. The van der Waals surface area contributed by atoms with Gasteiger partial charge in [-0.2, -0.15) is 0 Å². The molecule has 1 fully saturated rings. The number of benzene rings is 3. The molecule has 1 saturated heterocycles. The summed E-state index contributed by atoms with van der Waals surface area (Å²) >= 11 is 0. The van der Waals surface area contributed by atoms with Crippen LogP contribution in [-0.2, 0) is 26.9 Å². The van der Waals surface area contributed by atoms with E-state index < -0.39 is 0 Å². The van der Waals surface area contributed by atoms with Gasteiger partial charge in [0.05, 0.1) is 11.8 Å². The van der Waals surface area contributed by atoms with Crippen molar-refractivity contribution in [2.24, 2.45) is 14.1 Å².